The van der Waals surface area contributed by atoms with E-state index in [9.17, 15) is 19.5 Å². The molecule has 2 amide bonds. The van der Waals surface area contributed by atoms with Crippen LogP contribution in [0.5, 0.6) is 0 Å². The van der Waals surface area contributed by atoms with Gasteiger partial charge >= 0.3 is 5.97 Å². The minimum Gasteiger partial charge on any atom is -0.480 e. The quantitative estimate of drug-likeness (QED) is 0.220. The molecule has 2 rings (SSSR count). The van der Waals surface area contributed by atoms with E-state index in [0.717, 1.165) is 16.5 Å². The lowest BCUT2D eigenvalue weighted by Gasteiger charge is -2.22. The van der Waals surface area contributed by atoms with Crippen LogP contribution in [0.4, 0.5) is 0 Å². The number of aliphatic hydroxyl groups is 1. The van der Waals surface area contributed by atoms with Gasteiger partial charge < -0.3 is 37.3 Å². The zero-order valence-corrected chi connectivity index (χ0v) is 16.6. The zero-order chi connectivity index (χ0) is 22.1. The summed E-state index contributed by atoms with van der Waals surface area (Å²) < 4.78 is 0. The molecule has 2 aromatic rings. The molecule has 10 heteroatoms. The number of aliphatic carboxylic acids is 1. The van der Waals surface area contributed by atoms with E-state index in [1.807, 2.05) is 24.3 Å². The number of aromatic nitrogens is 1. The number of nitrogens with one attached hydrogen (secondary N) is 3. The number of fused-ring (bicyclic) bond motifs is 1. The van der Waals surface area contributed by atoms with Gasteiger partial charge in [0.25, 0.3) is 0 Å². The summed E-state index contributed by atoms with van der Waals surface area (Å²) >= 11 is 0. The van der Waals surface area contributed by atoms with Crippen molar-refractivity contribution >= 4 is 28.7 Å². The number of carboxylic acids is 1. The van der Waals surface area contributed by atoms with Crippen LogP contribution >= 0.6 is 0 Å². The summed E-state index contributed by atoms with van der Waals surface area (Å²) in [4.78, 5) is 39.7. The molecule has 164 valence electrons. The molecule has 0 aliphatic rings. The molecule has 10 nitrogen and oxygen atoms in total. The van der Waals surface area contributed by atoms with E-state index < -0.39 is 42.5 Å². The summed E-state index contributed by atoms with van der Waals surface area (Å²) in [6, 6.07) is 4.13. The van der Waals surface area contributed by atoms with Crippen LogP contribution in [-0.2, 0) is 20.8 Å². The second kappa shape index (κ2) is 11.3. The van der Waals surface area contributed by atoms with Crippen molar-refractivity contribution in [2.24, 2.45) is 11.5 Å². The monoisotopic (exact) mass is 419 g/mol. The minimum absolute atomic E-state index is 0.120. The van der Waals surface area contributed by atoms with E-state index in [1.165, 1.54) is 0 Å². The standard InChI is InChI=1S/C20H29N5O5/c21-8-4-3-7-16(20(29)30)24-19(28)17(25-18(27)14(22)11-26)9-12-10-23-15-6-2-1-5-13(12)15/h1-2,5-6,10,14,16-17,23,26H,3-4,7-9,11,21-22H2,(H,24,28)(H,25,27)(H,29,30)/t14-,16-,17-/m0/s1. The maximum absolute atomic E-state index is 12.9. The number of nitrogens with two attached hydrogens (primary N) is 2. The molecule has 30 heavy (non-hydrogen) atoms. The third kappa shape index (κ3) is 6.28. The van der Waals surface area contributed by atoms with E-state index in [1.54, 1.807) is 6.20 Å². The van der Waals surface area contributed by atoms with Crippen LogP contribution in [0, 0.1) is 0 Å². The van der Waals surface area contributed by atoms with Gasteiger partial charge in [-0.1, -0.05) is 18.2 Å². The Labute approximate surface area is 174 Å². The Kier molecular flexibility index (Phi) is 8.78. The SMILES string of the molecule is NCCCC[C@H](NC(=O)[C@H](Cc1c[nH]c2ccccc12)NC(=O)[C@@H](N)CO)C(=O)O. The van der Waals surface area contributed by atoms with Crippen LogP contribution in [0.25, 0.3) is 10.9 Å². The fourth-order valence-corrected chi connectivity index (χ4v) is 3.11. The smallest absolute Gasteiger partial charge is 0.326 e. The second-order valence-electron chi connectivity index (χ2n) is 7.10. The van der Waals surface area contributed by atoms with Gasteiger partial charge in [0.1, 0.15) is 18.1 Å². The largest absolute Gasteiger partial charge is 0.480 e. The summed E-state index contributed by atoms with van der Waals surface area (Å²) in [6.45, 7) is -0.150. The van der Waals surface area contributed by atoms with E-state index in [-0.39, 0.29) is 12.8 Å². The first kappa shape index (κ1) is 23.3. The van der Waals surface area contributed by atoms with Crippen molar-refractivity contribution in [3.05, 3.63) is 36.0 Å². The topological polar surface area (TPSA) is 184 Å². The summed E-state index contributed by atoms with van der Waals surface area (Å²) in [6.07, 6.45) is 3.26. The number of H-pyrrole nitrogens is 1. The number of hydrogen-bond acceptors (Lipinski definition) is 6. The van der Waals surface area contributed by atoms with Crippen molar-refractivity contribution in [3.8, 4) is 0 Å². The van der Waals surface area contributed by atoms with Crippen molar-refractivity contribution < 1.29 is 24.6 Å². The Hall–Kier alpha value is -2.95. The second-order valence-corrected chi connectivity index (χ2v) is 7.10. The lowest BCUT2D eigenvalue weighted by Crippen LogP contribution is -2.55. The Morgan fingerprint density at radius 2 is 1.77 bits per heavy atom. The van der Waals surface area contributed by atoms with Gasteiger partial charge in [-0.2, -0.15) is 0 Å². The van der Waals surface area contributed by atoms with E-state index in [0.29, 0.717) is 19.4 Å². The minimum atomic E-state index is -1.19. The predicted octanol–water partition coefficient (Wildman–Crippen LogP) is -0.787. The van der Waals surface area contributed by atoms with E-state index in [2.05, 4.69) is 15.6 Å². The summed E-state index contributed by atoms with van der Waals surface area (Å²) in [7, 11) is 0. The third-order valence-electron chi connectivity index (χ3n) is 4.83. The van der Waals surface area contributed by atoms with E-state index in [4.69, 9.17) is 16.6 Å². The summed E-state index contributed by atoms with van der Waals surface area (Å²) in [5.74, 6) is -2.50. The van der Waals surface area contributed by atoms with Gasteiger partial charge in [0, 0.05) is 23.5 Å². The number of unbranched alkanes of at least 4 members (excludes halogenated alkanes) is 1. The number of aliphatic hydroxyl groups excluding tert-OH is 1. The fraction of sp³-hybridized carbons (Fsp3) is 0.450. The molecule has 0 saturated heterocycles. The van der Waals surface area contributed by atoms with Crippen LogP contribution in [0.3, 0.4) is 0 Å². The highest BCUT2D eigenvalue weighted by Crippen LogP contribution is 2.19. The molecule has 3 atom stereocenters. The van der Waals surface area contributed by atoms with Crippen LogP contribution in [0.15, 0.2) is 30.5 Å². The van der Waals surface area contributed by atoms with Crippen molar-refractivity contribution in [2.45, 2.75) is 43.8 Å². The van der Waals surface area contributed by atoms with Crippen LogP contribution < -0.4 is 22.1 Å². The number of carbonyl (C=O) groups is 3. The molecule has 1 aromatic carbocycles. The molecule has 0 spiro atoms. The maximum atomic E-state index is 12.9. The van der Waals surface area contributed by atoms with Gasteiger partial charge in [-0.05, 0) is 37.4 Å². The van der Waals surface area contributed by atoms with Gasteiger partial charge in [-0.25, -0.2) is 4.79 Å². The Bertz CT molecular complexity index is 868. The number of para-hydroxylation sites is 1. The lowest BCUT2D eigenvalue weighted by molar-refractivity contribution is -0.142. The van der Waals surface area contributed by atoms with Gasteiger partial charge in [0.2, 0.25) is 11.8 Å². The Morgan fingerprint density at radius 3 is 2.43 bits per heavy atom. The number of benzene rings is 1. The molecule has 0 radical (unpaired) electrons. The highest BCUT2D eigenvalue weighted by atomic mass is 16.4. The molecule has 0 aliphatic carbocycles. The molecule has 1 aromatic heterocycles. The van der Waals surface area contributed by atoms with Gasteiger partial charge in [-0.3, -0.25) is 9.59 Å². The zero-order valence-electron chi connectivity index (χ0n) is 16.6. The van der Waals surface area contributed by atoms with Crippen molar-refractivity contribution in [1.29, 1.82) is 0 Å². The summed E-state index contributed by atoms with van der Waals surface area (Å²) in [5, 5.41) is 24.4. The first-order valence-corrected chi connectivity index (χ1v) is 9.82. The van der Waals surface area contributed by atoms with Crippen LogP contribution in [0.2, 0.25) is 0 Å². The number of carbonyl (C=O) groups excluding carboxylic acids is 2. The summed E-state index contributed by atoms with van der Waals surface area (Å²) in [5.41, 5.74) is 12.6. The maximum Gasteiger partial charge on any atom is 0.326 e. The lowest BCUT2D eigenvalue weighted by atomic mass is 10.0. The number of carboxylic acid groups (broad SMARTS) is 1. The Morgan fingerprint density at radius 1 is 1.07 bits per heavy atom. The van der Waals surface area contributed by atoms with Gasteiger partial charge in [-0.15, -0.1) is 0 Å². The molecule has 0 saturated carbocycles. The molecular formula is C20H29N5O5. The molecule has 0 aliphatic heterocycles. The number of hydrogen-bond donors (Lipinski definition) is 7. The molecule has 0 fully saturated rings. The molecule has 9 N–H and O–H groups in total. The van der Waals surface area contributed by atoms with Crippen molar-refractivity contribution in [1.82, 2.24) is 15.6 Å². The highest BCUT2D eigenvalue weighted by molar-refractivity contribution is 5.93. The predicted molar refractivity (Wildman–Crippen MR) is 111 cm³/mol. The molecular weight excluding hydrogens is 390 g/mol. The van der Waals surface area contributed by atoms with Crippen LogP contribution in [-0.4, -0.2) is 64.3 Å². The average Bonchev–Trinajstić information content (AvgIpc) is 3.14. The van der Waals surface area contributed by atoms with Crippen molar-refractivity contribution in [2.75, 3.05) is 13.2 Å². The highest BCUT2D eigenvalue weighted by Gasteiger charge is 2.28. The van der Waals surface area contributed by atoms with Crippen LogP contribution in [0.1, 0.15) is 24.8 Å². The number of amides is 2. The number of aromatic amines is 1. The Balaban J connectivity index is 2.20. The van der Waals surface area contributed by atoms with Gasteiger partial charge in [0.05, 0.1) is 6.61 Å². The normalized spacial score (nSPS) is 14.1. The molecule has 1 heterocycles. The average molecular weight is 419 g/mol. The van der Waals surface area contributed by atoms with E-state index >= 15 is 0 Å². The number of rotatable bonds is 12. The fourth-order valence-electron chi connectivity index (χ4n) is 3.11. The molecule has 0 unspecified atom stereocenters. The third-order valence-corrected chi connectivity index (χ3v) is 4.83. The first-order chi connectivity index (χ1) is 14.4. The molecule has 0 bridgehead atoms. The first-order valence-electron chi connectivity index (χ1n) is 9.82. The van der Waals surface area contributed by atoms with Crippen molar-refractivity contribution in [3.63, 3.8) is 0 Å². The van der Waals surface area contributed by atoms with Gasteiger partial charge in [0.15, 0.2) is 0 Å².